The molecule has 0 saturated carbocycles. The maximum Gasteiger partial charge on any atom is 0.319 e. The van der Waals surface area contributed by atoms with E-state index in [1.807, 2.05) is 0 Å². The second-order valence-corrected chi connectivity index (χ2v) is 5.81. The lowest BCUT2D eigenvalue weighted by Gasteiger charge is -2.13. The highest BCUT2D eigenvalue weighted by Gasteiger charge is 2.27. The van der Waals surface area contributed by atoms with E-state index in [0.29, 0.717) is 22.3 Å². The van der Waals surface area contributed by atoms with Crippen molar-refractivity contribution in [2.45, 2.75) is 0 Å². The lowest BCUT2D eigenvalue weighted by Crippen LogP contribution is -2.05. The van der Waals surface area contributed by atoms with Crippen molar-refractivity contribution in [1.82, 2.24) is 0 Å². The summed E-state index contributed by atoms with van der Waals surface area (Å²) in [7, 11) is 0. The van der Waals surface area contributed by atoms with Gasteiger partial charge in [-0.2, -0.15) is 0 Å². The van der Waals surface area contributed by atoms with E-state index in [0.717, 1.165) is 6.08 Å². The molecule has 27 heavy (non-hydrogen) atoms. The van der Waals surface area contributed by atoms with E-state index in [1.54, 1.807) is 66.7 Å². The summed E-state index contributed by atoms with van der Waals surface area (Å²) in [6.45, 7) is 0. The third kappa shape index (κ3) is 3.69. The number of hydrogen-bond acceptors (Lipinski definition) is 4. The number of rotatable bonds is 5. The van der Waals surface area contributed by atoms with Gasteiger partial charge in [0.1, 0.15) is 0 Å². The minimum Gasteiger partial charge on any atom is -0.502 e. The number of hydrogen-bond donors (Lipinski definition) is 2. The first-order valence-electron chi connectivity index (χ1n) is 8.11. The molecule has 0 saturated heterocycles. The van der Waals surface area contributed by atoms with Crippen LogP contribution in [0.25, 0.3) is 28.3 Å². The normalized spacial score (nSPS) is 10.8. The Hall–Kier alpha value is -3.93. The van der Waals surface area contributed by atoms with Crippen LogP contribution in [0.5, 0.6) is 5.75 Å². The summed E-state index contributed by atoms with van der Waals surface area (Å²) in [4.78, 5) is 22.4. The molecule has 0 radical (unpaired) electrons. The number of phenolic OH excluding ortho intramolecular Hbond substituents is 1. The molecule has 0 unspecified atom stereocenters. The molecule has 0 atom stereocenters. The molecule has 134 valence electrons. The molecule has 3 aromatic rings. The van der Waals surface area contributed by atoms with Crippen LogP contribution < -0.4 is 5.73 Å². The van der Waals surface area contributed by atoms with E-state index in [4.69, 9.17) is 5.73 Å². The van der Waals surface area contributed by atoms with Gasteiger partial charge in [0.05, 0.1) is 10.5 Å². The molecular weight excluding hydrogens is 344 g/mol. The molecule has 0 fully saturated rings. The van der Waals surface area contributed by atoms with Gasteiger partial charge < -0.3 is 10.8 Å². The summed E-state index contributed by atoms with van der Waals surface area (Å²) < 4.78 is 0. The lowest BCUT2D eigenvalue weighted by molar-refractivity contribution is -0.385. The molecule has 3 rings (SSSR count). The van der Waals surface area contributed by atoms with Gasteiger partial charge in [0.15, 0.2) is 0 Å². The average Bonchev–Trinajstić information content (AvgIpc) is 2.67. The molecule has 3 N–H and O–H groups in total. The van der Waals surface area contributed by atoms with Crippen LogP contribution in [-0.4, -0.2) is 15.9 Å². The fourth-order valence-corrected chi connectivity index (χ4v) is 2.91. The van der Waals surface area contributed by atoms with E-state index in [9.17, 15) is 20.0 Å². The highest BCUT2D eigenvalue weighted by Crippen LogP contribution is 2.46. The van der Waals surface area contributed by atoms with E-state index < -0.39 is 22.3 Å². The van der Waals surface area contributed by atoms with Crippen LogP contribution in [0.4, 0.5) is 5.69 Å². The Kier molecular flexibility index (Phi) is 4.99. The van der Waals surface area contributed by atoms with Crippen molar-refractivity contribution in [1.29, 1.82) is 0 Å². The number of amides is 1. The largest absolute Gasteiger partial charge is 0.502 e. The highest BCUT2D eigenvalue weighted by molar-refractivity contribution is 5.96. The Balaban J connectivity index is 2.39. The number of carbonyl (C=O) groups is 1. The van der Waals surface area contributed by atoms with E-state index in [-0.39, 0.29) is 5.56 Å². The zero-order chi connectivity index (χ0) is 19.4. The number of benzene rings is 3. The Morgan fingerprint density at radius 3 is 2.07 bits per heavy atom. The smallest absolute Gasteiger partial charge is 0.319 e. The van der Waals surface area contributed by atoms with Gasteiger partial charge >= 0.3 is 5.69 Å². The van der Waals surface area contributed by atoms with Crippen molar-refractivity contribution in [2.24, 2.45) is 5.73 Å². The van der Waals surface area contributed by atoms with Gasteiger partial charge in [-0.15, -0.1) is 0 Å². The lowest BCUT2D eigenvalue weighted by atomic mass is 9.91. The highest BCUT2D eigenvalue weighted by atomic mass is 16.6. The van der Waals surface area contributed by atoms with Gasteiger partial charge in [-0.25, -0.2) is 0 Å². The van der Waals surface area contributed by atoms with Gasteiger partial charge in [-0.3, -0.25) is 14.9 Å². The third-order valence-corrected chi connectivity index (χ3v) is 4.06. The quantitative estimate of drug-likeness (QED) is 0.405. The summed E-state index contributed by atoms with van der Waals surface area (Å²) in [6.07, 6.45) is 2.56. The summed E-state index contributed by atoms with van der Waals surface area (Å²) in [5.41, 5.74) is 6.86. The van der Waals surface area contributed by atoms with Crippen molar-refractivity contribution in [3.63, 3.8) is 0 Å². The molecule has 0 spiro atoms. The number of phenols is 1. The van der Waals surface area contributed by atoms with Crippen LogP contribution in [0, 0.1) is 10.1 Å². The van der Waals surface area contributed by atoms with Crippen LogP contribution in [0.15, 0.2) is 72.8 Å². The Bertz CT molecular complexity index is 1030. The van der Waals surface area contributed by atoms with Gasteiger partial charge in [0.2, 0.25) is 11.7 Å². The Morgan fingerprint density at radius 1 is 1.00 bits per heavy atom. The zero-order valence-electron chi connectivity index (χ0n) is 14.2. The molecule has 1 amide bonds. The molecule has 0 aliphatic heterocycles. The number of nitro benzene ring substituents is 1. The number of nitrogens with two attached hydrogens (primary N) is 1. The first-order chi connectivity index (χ1) is 13.0. The van der Waals surface area contributed by atoms with Crippen LogP contribution in [-0.2, 0) is 4.79 Å². The van der Waals surface area contributed by atoms with Crippen LogP contribution in [0.2, 0.25) is 0 Å². The van der Waals surface area contributed by atoms with E-state index >= 15 is 0 Å². The van der Waals surface area contributed by atoms with Crippen molar-refractivity contribution in [2.75, 3.05) is 0 Å². The number of carbonyl (C=O) groups excluding carboxylic acids is 1. The maximum atomic E-state index is 11.8. The monoisotopic (exact) mass is 360 g/mol. The molecule has 6 heteroatoms. The third-order valence-electron chi connectivity index (χ3n) is 4.06. The SMILES string of the molecule is NC(=O)C=Cc1cc(-c2ccccc2)c(O)c([N+](=O)[O-])c1-c1ccccc1. The molecule has 0 aliphatic rings. The van der Waals surface area contributed by atoms with Crippen molar-refractivity contribution >= 4 is 17.7 Å². The predicted molar refractivity (Wildman–Crippen MR) is 104 cm³/mol. The van der Waals surface area contributed by atoms with Crippen molar-refractivity contribution < 1.29 is 14.8 Å². The summed E-state index contributed by atoms with van der Waals surface area (Å²) in [6, 6.07) is 19.1. The van der Waals surface area contributed by atoms with Crippen LogP contribution in [0.3, 0.4) is 0 Å². The minimum absolute atomic E-state index is 0.218. The minimum atomic E-state index is -0.675. The fraction of sp³-hybridized carbons (Fsp3) is 0. The van der Waals surface area contributed by atoms with Crippen LogP contribution >= 0.6 is 0 Å². The predicted octanol–water partition coefficient (Wildman–Crippen LogP) is 4.13. The molecule has 0 aliphatic carbocycles. The topological polar surface area (TPSA) is 106 Å². The van der Waals surface area contributed by atoms with Gasteiger partial charge in [0, 0.05) is 11.6 Å². The second kappa shape index (κ2) is 7.53. The molecule has 0 bridgehead atoms. The maximum absolute atomic E-state index is 11.8. The number of aromatic hydroxyl groups is 1. The van der Waals surface area contributed by atoms with Gasteiger partial charge in [-0.05, 0) is 28.8 Å². The van der Waals surface area contributed by atoms with Crippen LogP contribution in [0.1, 0.15) is 5.56 Å². The second-order valence-electron chi connectivity index (χ2n) is 5.81. The Labute approximate surface area is 155 Å². The van der Waals surface area contributed by atoms with E-state index in [2.05, 4.69) is 0 Å². The standard InChI is InChI=1S/C21H16N2O4/c22-18(24)12-11-16-13-17(14-7-3-1-4-8-14)21(25)20(23(26)27)19(16)15-9-5-2-6-10-15/h1-13,25H,(H2,22,24). The van der Waals surface area contributed by atoms with Gasteiger partial charge in [0.25, 0.3) is 0 Å². The summed E-state index contributed by atoms with van der Waals surface area (Å²) >= 11 is 0. The summed E-state index contributed by atoms with van der Waals surface area (Å²) in [5.74, 6) is -1.10. The molecule has 6 nitrogen and oxygen atoms in total. The van der Waals surface area contributed by atoms with Gasteiger partial charge in [-0.1, -0.05) is 60.7 Å². The molecular formula is C21H16N2O4. The van der Waals surface area contributed by atoms with E-state index in [1.165, 1.54) is 6.08 Å². The number of primary amides is 1. The molecule has 0 heterocycles. The molecule has 3 aromatic carbocycles. The first kappa shape index (κ1) is 17.9. The average molecular weight is 360 g/mol. The Morgan fingerprint density at radius 2 is 1.56 bits per heavy atom. The summed E-state index contributed by atoms with van der Waals surface area (Å²) in [5, 5.41) is 22.5. The van der Waals surface area contributed by atoms with Crippen molar-refractivity contribution in [3.8, 4) is 28.0 Å². The fourth-order valence-electron chi connectivity index (χ4n) is 2.91. The first-order valence-corrected chi connectivity index (χ1v) is 8.11. The number of nitrogens with zero attached hydrogens (tertiary/aromatic N) is 1. The number of nitro groups is 1. The zero-order valence-corrected chi connectivity index (χ0v) is 14.2. The van der Waals surface area contributed by atoms with Crippen molar-refractivity contribution in [3.05, 3.63) is 88.5 Å². The molecule has 0 aromatic heterocycles.